The van der Waals surface area contributed by atoms with Crippen LogP contribution in [0.4, 0.5) is 0 Å². The van der Waals surface area contributed by atoms with Crippen LogP contribution in [0.25, 0.3) is 0 Å². The van der Waals surface area contributed by atoms with Gasteiger partial charge >= 0.3 is 0 Å². The molecule has 0 aromatic carbocycles. The maximum Gasteiger partial charge on any atom is 0.184 e. The van der Waals surface area contributed by atoms with E-state index in [-0.39, 0.29) is 5.43 Å². The second kappa shape index (κ2) is 3.57. The Morgan fingerprint density at radius 1 is 1.33 bits per heavy atom. The number of aryl methyl sites for hydroxylation is 2. The normalized spacial score (nSPS) is 10.2. The largest absolute Gasteiger partial charge is 0.362 e. The van der Waals surface area contributed by atoms with Gasteiger partial charge in [-0.3, -0.25) is 4.79 Å². The molecule has 0 aliphatic heterocycles. The van der Waals surface area contributed by atoms with E-state index in [0.717, 1.165) is 29.8 Å². The summed E-state index contributed by atoms with van der Waals surface area (Å²) in [6, 6.07) is 1.69. The van der Waals surface area contributed by atoms with Crippen LogP contribution < -0.4 is 5.43 Å². The molecule has 1 aromatic rings. The summed E-state index contributed by atoms with van der Waals surface area (Å²) in [5.41, 5.74) is 3.11. The van der Waals surface area contributed by atoms with Crippen molar-refractivity contribution in [3.63, 3.8) is 0 Å². The van der Waals surface area contributed by atoms with Gasteiger partial charge in [-0.05, 0) is 19.8 Å². The minimum absolute atomic E-state index is 0.155. The monoisotopic (exact) mass is 165 g/mol. The van der Waals surface area contributed by atoms with E-state index < -0.39 is 0 Å². The third-order valence-electron chi connectivity index (χ3n) is 2.17. The van der Waals surface area contributed by atoms with Crippen molar-refractivity contribution in [3.8, 4) is 0 Å². The number of hydrogen-bond donors (Lipinski definition) is 1. The Bertz CT molecular complexity index is 325. The van der Waals surface area contributed by atoms with Crippen molar-refractivity contribution in [2.75, 3.05) is 0 Å². The van der Waals surface area contributed by atoms with Crippen LogP contribution in [0.15, 0.2) is 10.9 Å². The fourth-order valence-corrected chi connectivity index (χ4v) is 1.28. The zero-order valence-corrected chi connectivity index (χ0v) is 7.90. The molecule has 0 radical (unpaired) electrons. The summed E-state index contributed by atoms with van der Waals surface area (Å²) in [7, 11) is 0. The van der Waals surface area contributed by atoms with Crippen LogP contribution >= 0.6 is 0 Å². The molecule has 0 saturated carbocycles. The van der Waals surface area contributed by atoms with E-state index in [9.17, 15) is 4.79 Å². The minimum Gasteiger partial charge on any atom is -0.362 e. The van der Waals surface area contributed by atoms with Gasteiger partial charge in [-0.15, -0.1) is 0 Å². The Morgan fingerprint density at radius 2 is 2.00 bits per heavy atom. The molecule has 0 amide bonds. The van der Waals surface area contributed by atoms with Crippen LogP contribution in [0.5, 0.6) is 0 Å². The van der Waals surface area contributed by atoms with E-state index in [1.54, 1.807) is 6.07 Å². The van der Waals surface area contributed by atoms with Gasteiger partial charge in [0.15, 0.2) is 5.43 Å². The van der Waals surface area contributed by atoms with Gasteiger partial charge in [-0.25, -0.2) is 0 Å². The second-order valence-electron chi connectivity index (χ2n) is 2.97. The van der Waals surface area contributed by atoms with E-state index in [1.165, 1.54) is 0 Å². The standard InChI is InChI=1S/C10H15NO/c1-4-8-6-10(12)7(3)9(5-2)11-8/h6H,4-5H2,1-3H3,(H,11,12). The molecule has 2 nitrogen and oxygen atoms in total. The SMILES string of the molecule is CCc1cc(=O)c(C)c(CC)[nH]1. The molecular weight excluding hydrogens is 150 g/mol. The summed E-state index contributed by atoms with van der Waals surface area (Å²) in [6.07, 6.45) is 1.79. The van der Waals surface area contributed by atoms with Crippen LogP contribution in [0.2, 0.25) is 0 Å². The van der Waals surface area contributed by atoms with Crippen molar-refractivity contribution in [1.82, 2.24) is 4.98 Å². The number of aromatic amines is 1. The average molecular weight is 165 g/mol. The van der Waals surface area contributed by atoms with Crippen molar-refractivity contribution >= 4 is 0 Å². The lowest BCUT2D eigenvalue weighted by atomic mass is 10.1. The number of pyridine rings is 1. The number of rotatable bonds is 2. The molecule has 1 aromatic heterocycles. The highest BCUT2D eigenvalue weighted by molar-refractivity contribution is 5.21. The molecule has 1 rings (SSSR count). The number of nitrogens with one attached hydrogen (secondary N) is 1. The van der Waals surface area contributed by atoms with Crippen LogP contribution in [-0.4, -0.2) is 4.98 Å². The Balaban J connectivity index is 3.29. The molecule has 66 valence electrons. The van der Waals surface area contributed by atoms with Crippen molar-refractivity contribution in [3.05, 3.63) is 33.2 Å². The van der Waals surface area contributed by atoms with Gasteiger partial charge < -0.3 is 4.98 Å². The van der Waals surface area contributed by atoms with Crippen molar-refractivity contribution < 1.29 is 0 Å². The third kappa shape index (κ3) is 1.58. The fraction of sp³-hybridized carbons (Fsp3) is 0.500. The fourth-order valence-electron chi connectivity index (χ4n) is 1.28. The zero-order chi connectivity index (χ0) is 9.14. The Kier molecular flexibility index (Phi) is 2.69. The summed E-state index contributed by atoms with van der Waals surface area (Å²) in [5.74, 6) is 0. The van der Waals surface area contributed by atoms with Gasteiger partial charge in [0.25, 0.3) is 0 Å². The summed E-state index contributed by atoms with van der Waals surface area (Å²) < 4.78 is 0. The van der Waals surface area contributed by atoms with E-state index in [2.05, 4.69) is 11.9 Å². The predicted octanol–water partition coefficient (Wildman–Crippen LogP) is 1.81. The van der Waals surface area contributed by atoms with E-state index in [4.69, 9.17) is 0 Å². The van der Waals surface area contributed by atoms with Crippen molar-refractivity contribution in [2.45, 2.75) is 33.6 Å². The first-order chi connectivity index (χ1) is 5.69. The Hall–Kier alpha value is -1.05. The van der Waals surface area contributed by atoms with Gasteiger partial charge in [0.2, 0.25) is 0 Å². The molecule has 0 aliphatic carbocycles. The molecule has 2 heteroatoms. The summed E-state index contributed by atoms with van der Waals surface area (Å²) in [6.45, 7) is 5.97. The van der Waals surface area contributed by atoms with Gasteiger partial charge in [-0.2, -0.15) is 0 Å². The van der Waals surface area contributed by atoms with Crippen molar-refractivity contribution in [2.24, 2.45) is 0 Å². The number of H-pyrrole nitrogens is 1. The molecule has 0 saturated heterocycles. The molecule has 0 bridgehead atoms. The highest BCUT2D eigenvalue weighted by Gasteiger charge is 2.01. The maximum absolute atomic E-state index is 11.4. The molecule has 0 aliphatic rings. The number of hydrogen-bond acceptors (Lipinski definition) is 1. The molecule has 0 spiro atoms. The van der Waals surface area contributed by atoms with Gasteiger partial charge in [-0.1, -0.05) is 13.8 Å². The van der Waals surface area contributed by atoms with E-state index >= 15 is 0 Å². The minimum atomic E-state index is 0.155. The molecular formula is C10H15NO. The van der Waals surface area contributed by atoms with Crippen LogP contribution in [0, 0.1) is 6.92 Å². The van der Waals surface area contributed by atoms with Gasteiger partial charge in [0.05, 0.1) is 0 Å². The van der Waals surface area contributed by atoms with Crippen LogP contribution in [0.3, 0.4) is 0 Å². The Morgan fingerprint density at radius 3 is 2.50 bits per heavy atom. The molecule has 12 heavy (non-hydrogen) atoms. The summed E-state index contributed by atoms with van der Waals surface area (Å²) in [5, 5.41) is 0. The molecule has 0 unspecified atom stereocenters. The summed E-state index contributed by atoms with van der Waals surface area (Å²) in [4.78, 5) is 14.6. The quantitative estimate of drug-likeness (QED) is 0.712. The van der Waals surface area contributed by atoms with E-state index in [1.807, 2.05) is 13.8 Å². The zero-order valence-electron chi connectivity index (χ0n) is 7.90. The topological polar surface area (TPSA) is 32.9 Å². The highest BCUT2D eigenvalue weighted by atomic mass is 16.1. The number of aromatic nitrogens is 1. The summed E-state index contributed by atoms with van der Waals surface area (Å²) >= 11 is 0. The lowest BCUT2D eigenvalue weighted by molar-refractivity contribution is 0.929. The highest BCUT2D eigenvalue weighted by Crippen LogP contribution is 2.02. The third-order valence-corrected chi connectivity index (χ3v) is 2.17. The lowest BCUT2D eigenvalue weighted by Gasteiger charge is -2.04. The average Bonchev–Trinajstić information content (AvgIpc) is 2.09. The lowest BCUT2D eigenvalue weighted by Crippen LogP contribution is -2.11. The molecule has 1 heterocycles. The van der Waals surface area contributed by atoms with Crippen LogP contribution in [-0.2, 0) is 12.8 Å². The second-order valence-corrected chi connectivity index (χ2v) is 2.97. The van der Waals surface area contributed by atoms with Gasteiger partial charge in [0.1, 0.15) is 0 Å². The molecule has 0 fully saturated rings. The first-order valence-corrected chi connectivity index (χ1v) is 4.40. The first-order valence-electron chi connectivity index (χ1n) is 4.40. The molecule has 0 atom stereocenters. The first kappa shape index (κ1) is 9.04. The molecule has 1 N–H and O–H groups in total. The van der Waals surface area contributed by atoms with Crippen molar-refractivity contribution in [1.29, 1.82) is 0 Å². The smallest absolute Gasteiger partial charge is 0.184 e. The van der Waals surface area contributed by atoms with Crippen LogP contribution in [0.1, 0.15) is 30.8 Å². The van der Waals surface area contributed by atoms with E-state index in [0.29, 0.717) is 0 Å². The predicted molar refractivity (Wildman–Crippen MR) is 50.6 cm³/mol. The maximum atomic E-state index is 11.4. The van der Waals surface area contributed by atoms with Gasteiger partial charge in [0, 0.05) is 23.0 Å². The Labute approximate surface area is 72.6 Å².